The molecule has 156 valence electrons. The van der Waals surface area contributed by atoms with E-state index in [9.17, 15) is 4.79 Å². The predicted octanol–water partition coefficient (Wildman–Crippen LogP) is 4.63. The van der Waals surface area contributed by atoms with Gasteiger partial charge in [-0.05, 0) is 43.5 Å². The van der Waals surface area contributed by atoms with Crippen LogP contribution in [0.2, 0.25) is 0 Å². The van der Waals surface area contributed by atoms with Crippen LogP contribution in [0.1, 0.15) is 30.9 Å². The maximum absolute atomic E-state index is 13.0. The van der Waals surface area contributed by atoms with Crippen LogP contribution in [0.5, 0.6) is 5.75 Å². The van der Waals surface area contributed by atoms with Gasteiger partial charge in [0.1, 0.15) is 5.75 Å². The predicted molar refractivity (Wildman–Crippen MR) is 122 cm³/mol. The molecule has 0 aliphatic heterocycles. The number of nitrogens with zero attached hydrogens (tertiary/aromatic N) is 4. The second-order valence-corrected chi connectivity index (χ2v) is 8.43. The van der Waals surface area contributed by atoms with Crippen molar-refractivity contribution >= 4 is 28.4 Å². The topological polar surface area (TPSA) is 61.4 Å². The average Bonchev–Trinajstić information content (AvgIpc) is 3.17. The summed E-state index contributed by atoms with van der Waals surface area (Å²) in [5.74, 6) is 2.28. The van der Waals surface area contributed by atoms with Crippen LogP contribution < -0.4 is 10.3 Å². The second kappa shape index (κ2) is 8.92. The lowest BCUT2D eigenvalue weighted by Gasteiger charge is -2.12. The van der Waals surface area contributed by atoms with Crippen molar-refractivity contribution in [2.45, 2.75) is 45.3 Å². The highest BCUT2D eigenvalue weighted by molar-refractivity contribution is 7.99. The number of hydrogen-bond acceptors (Lipinski definition) is 5. The van der Waals surface area contributed by atoms with Crippen LogP contribution in [0.4, 0.5) is 0 Å². The summed E-state index contributed by atoms with van der Waals surface area (Å²) in [6, 6.07) is 13.8. The van der Waals surface area contributed by atoms with Gasteiger partial charge in [-0.3, -0.25) is 13.8 Å². The van der Waals surface area contributed by atoms with Gasteiger partial charge in [0, 0.05) is 12.3 Å². The Labute approximate surface area is 179 Å². The molecular weight excluding hydrogens is 396 g/mol. The molecule has 0 amide bonds. The minimum absolute atomic E-state index is 0.00568. The van der Waals surface area contributed by atoms with Crippen molar-refractivity contribution in [3.8, 4) is 5.75 Å². The number of para-hydroxylation sites is 2. The maximum Gasteiger partial charge on any atom is 0.262 e. The summed E-state index contributed by atoms with van der Waals surface area (Å²) in [4.78, 5) is 13.0. The largest absolute Gasteiger partial charge is 0.492 e. The lowest BCUT2D eigenvalue weighted by atomic mass is 10.1. The van der Waals surface area contributed by atoms with E-state index in [0.29, 0.717) is 24.3 Å². The van der Waals surface area contributed by atoms with Gasteiger partial charge in [0.15, 0.2) is 5.16 Å². The summed E-state index contributed by atoms with van der Waals surface area (Å²) in [6.07, 6.45) is 1.93. The summed E-state index contributed by atoms with van der Waals surface area (Å²) in [6.45, 7) is 7.44. The smallest absolute Gasteiger partial charge is 0.262 e. The molecule has 0 bridgehead atoms. The first-order valence-corrected chi connectivity index (χ1v) is 11.3. The molecule has 0 spiro atoms. The molecule has 0 aliphatic rings. The van der Waals surface area contributed by atoms with Crippen LogP contribution in [0.3, 0.4) is 0 Å². The molecule has 0 saturated carbocycles. The Kier molecular flexibility index (Phi) is 6.08. The van der Waals surface area contributed by atoms with Crippen molar-refractivity contribution in [1.82, 2.24) is 19.2 Å². The Balaban J connectivity index is 1.62. The average molecular weight is 423 g/mol. The van der Waals surface area contributed by atoms with E-state index in [2.05, 4.69) is 43.1 Å². The number of rotatable bonds is 8. The standard InChI is InChI=1S/C23H26N4O2S/c1-4-5-13-26-21(28)18-11-6-7-12-19(18)27-22(26)24-25-23(27)30-15-14-29-20-16(2)9-8-10-17(20)3/h6-12H,4-5,13-15H2,1-3H3. The molecule has 0 saturated heterocycles. The molecule has 0 N–H and O–H groups in total. The fourth-order valence-electron chi connectivity index (χ4n) is 3.65. The third-order valence-electron chi connectivity index (χ3n) is 5.18. The quantitative estimate of drug-likeness (QED) is 0.306. The number of benzene rings is 2. The molecule has 7 heteroatoms. The van der Waals surface area contributed by atoms with Gasteiger partial charge >= 0.3 is 0 Å². The van der Waals surface area contributed by atoms with E-state index in [4.69, 9.17) is 4.74 Å². The number of aromatic nitrogens is 4. The van der Waals surface area contributed by atoms with Gasteiger partial charge in [-0.15, -0.1) is 10.2 Å². The summed E-state index contributed by atoms with van der Waals surface area (Å²) >= 11 is 1.59. The van der Waals surface area contributed by atoms with E-state index < -0.39 is 0 Å². The van der Waals surface area contributed by atoms with Gasteiger partial charge in [0.2, 0.25) is 5.78 Å². The van der Waals surface area contributed by atoms with Crippen LogP contribution in [-0.4, -0.2) is 31.5 Å². The van der Waals surface area contributed by atoms with E-state index in [-0.39, 0.29) is 5.56 Å². The van der Waals surface area contributed by atoms with Gasteiger partial charge in [0.25, 0.3) is 5.56 Å². The van der Waals surface area contributed by atoms with Crippen molar-refractivity contribution < 1.29 is 4.74 Å². The molecule has 2 aromatic carbocycles. The van der Waals surface area contributed by atoms with Crippen LogP contribution in [0, 0.1) is 13.8 Å². The van der Waals surface area contributed by atoms with Crippen molar-refractivity contribution in [2.24, 2.45) is 0 Å². The normalized spacial score (nSPS) is 11.4. The highest BCUT2D eigenvalue weighted by Crippen LogP contribution is 2.24. The Morgan fingerprint density at radius 3 is 2.57 bits per heavy atom. The minimum Gasteiger partial charge on any atom is -0.492 e. The zero-order valence-corrected chi connectivity index (χ0v) is 18.4. The fraction of sp³-hybridized carbons (Fsp3) is 0.348. The lowest BCUT2D eigenvalue weighted by Crippen LogP contribution is -2.23. The van der Waals surface area contributed by atoms with Gasteiger partial charge < -0.3 is 4.74 Å². The van der Waals surface area contributed by atoms with Crippen LogP contribution in [0.25, 0.3) is 16.7 Å². The number of aryl methyl sites for hydroxylation is 3. The van der Waals surface area contributed by atoms with Crippen LogP contribution in [-0.2, 0) is 6.54 Å². The van der Waals surface area contributed by atoms with Gasteiger partial charge in [-0.1, -0.05) is 55.4 Å². The third-order valence-corrected chi connectivity index (χ3v) is 6.08. The van der Waals surface area contributed by atoms with Gasteiger partial charge in [-0.25, -0.2) is 0 Å². The van der Waals surface area contributed by atoms with Crippen molar-refractivity contribution in [3.63, 3.8) is 0 Å². The molecule has 0 fully saturated rings. The number of thioether (sulfide) groups is 1. The number of unbranched alkanes of at least 4 members (excludes halogenated alkanes) is 1. The molecule has 0 atom stereocenters. The Bertz CT molecular complexity index is 1230. The van der Waals surface area contributed by atoms with E-state index in [1.54, 1.807) is 16.3 Å². The number of fused-ring (bicyclic) bond motifs is 3. The maximum atomic E-state index is 13.0. The number of hydrogen-bond donors (Lipinski definition) is 0. The molecule has 4 aromatic rings. The zero-order valence-electron chi connectivity index (χ0n) is 17.6. The Morgan fingerprint density at radius 1 is 1.03 bits per heavy atom. The summed E-state index contributed by atoms with van der Waals surface area (Å²) in [7, 11) is 0. The molecule has 0 radical (unpaired) electrons. The van der Waals surface area contributed by atoms with E-state index in [1.807, 2.05) is 34.7 Å². The molecule has 0 unspecified atom stereocenters. The highest BCUT2D eigenvalue weighted by atomic mass is 32.2. The van der Waals surface area contributed by atoms with Crippen molar-refractivity contribution in [2.75, 3.05) is 12.4 Å². The zero-order chi connectivity index (χ0) is 21.1. The van der Waals surface area contributed by atoms with Gasteiger partial charge in [0.05, 0.1) is 17.5 Å². The first-order valence-electron chi connectivity index (χ1n) is 10.3. The fourth-order valence-corrected chi connectivity index (χ4v) is 4.41. The van der Waals surface area contributed by atoms with E-state index in [0.717, 1.165) is 46.1 Å². The first kappa shape index (κ1) is 20.5. The van der Waals surface area contributed by atoms with Crippen LogP contribution >= 0.6 is 11.8 Å². The second-order valence-electron chi connectivity index (χ2n) is 7.36. The molecule has 2 heterocycles. The lowest BCUT2D eigenvalue weighted by molar-refractivity contribution is 0.339. The highest BCUT2D eigenvalue weighted by Gasteiger charge is 2.16. The Morgan fingerprint density at radius 2 is 1.80 bits per heavy atom. The van der Waals surface area contributed by atoms with E-state index >= 15 is 0 Å². The minimum atomic E-state index is -0.00568. The monoisotopic (exact) mass is 422 g/mol. The molecule has 0 aliphatic carbocycles. The van der Waals surface area contributed by atoms with Gasteiger partial charge in [-0.2, -0.15) is 0 Å². The molecular formula is C23H26N4O2S. The summed E-state index contributed by atoms with van der Waals surface area (Å²) in [5, 5.41) is 10.2. The Hall–Kier alpha value is -2.80. The number of ether oxygens (including phenoxy) is 1. The first-order chi connectivity index (χ1) is 14.6. The summed E-state index contributed by atoms with van der Waals surface area (Å²) in [5.41, 5.74) is 3.11. The van der Waals surface area contributed by atoms with Crippen molar-refractivity contribution in [3.05, 3.63) is 63.9 Å². The van der Waals surface area contributed by atoms with E-state index in [1.165, 1.54) is 0 Å². The third kappa shape index (κ3) is 3.81. The SMILES string of the molecule is CCCCn1c(=O)c2ccccc2n2c(SCCOc3c(C)cccc3C)nnc12. The summed E-state index contributed by atoms with van der Waals surface area (Å²) < 4.78 is 9.77. The van der Waals surface area contributed by atoms with Crippen molar-refractivity contribution in [1.29, 1.82) is 0 Å². The van der Waals surface area contributed by atoms with Crippen LogP contribution in [0.15, 0.2) is 52.4 Å². The molecule has 30 heavy (non-hydrogen) atoms. The molecule has 6 nitrogen and oxygen atoms in total. The molecule has 4 rings (SSSR count). The molecule has 2 aromatic heterocycles.